The van der Waals surface area contributed by atoms with E-state index in [1.54, 1.807) is 23.4 Å². The first kappa shape index (κ1) is 15.0. The van der Waals surface area contributed by atoms with E-state index >= 15 is 0 Å². The largest absolute Gasteiger partial charge is 0.481 e. The standard InChI is InChI=1S/C13H16IN3O3/c1-8-4-9(12(18)19)7-17(6-8)13(20)16-11-2-3-15-5-10(11)14/h2-3,5,8-9H,4,6-7H2,1H3,(H,18,19)(H,15,16,20). The Kier molecular flexibility index (Phi) is 4.79. The number of piperidine rings is 1. The summed E-state index contributed by atoms with van der Waals surface area (Å²) in [6.07, 6.45) is 3.89. The Balaban J connectivity index is 2.05. The Morgan fingerprint density at radius 3 is 2.90 bits per heavy atom. The van der Waals surface area contributed by atoms with E-state index in [4.69, 9.17) is 5.11 Å². The summed E-state index contributed by atoms with van der Waals surface area (Å²) < 4.78 is 0.846. The number of halogens is 1. The molecular formula is C13H16IN3O3. The summed E-state index contributed by atoms with van der Waals surface area (Å²) in [4.78, 5) is 28.9. The number of rotatable bonds is 2. The number of hydrogen-bond donors (Lipinski definition) is 2. The summed E-state index contributed by atoms with van der Waals surface area (Å²) in [5, 5.41) is 11.9. The summed E-state index contributed by atoms with van der Waals surface area (Å²) in [6, 6.07) is 1.47. The highest BCUT2D eigenvalue weighted by Gasteiger charge is 2.31. The Labute approximate surface area is 130 Å². The summed E-state index contributed by atoms with van der Waals surface area (Å²) in [5.41, 5.74) is 0.690. The van der Waals surface area contributed by atoms with Crippen molar-refractivity contribution in [3.63, 3.8) is 0 Å². The number of nitrogens with zero attached hydrogens (tertiary/aromatic N) is 2. The summed E-state index contributed by atoms with van der Waals surface area (Å²) in [7, 11) is 0. The molecule has 108 valence electrons. The molecule has 20 heavy (non-hydrogen) atoms. The Bertz CT molecular complexity index is 523. The van der Waals surface area contributed by atoms with E-state index < -0.39 is 11.9 Å². The fourth-order valence-corrected chi connectivity index (χ4v) is 2.84. The van der Waals surface area contributed by atoms with Crippen LogP contribution in [0.4, 0.5) is 10.5 Å². The predicted octanol–water partition coefficient (Wildman–Crippen LogP) is 2.26. The lowest BCUT2D eigenvalue weighted by atomic mass is 9.91. The van der Waals surface area contributed by atoms with Crippen molar-refractivity contribution in [3.05, 3.63) is 22.0 Å². The van der Waals surface area contributed by atoms with E-state index in [2.05, 4.69) is 32.9 Å². The van der Waals surface area contributed by atoms with Gasteiger partial charge in [-0.3, -0.25) is 9.78 Å². The van der Waals surface area contributed by atoms with Gasteiger partial charge in [0.25, 0.3) is 0 Å². The van der Waals surface area contributed by atoms with Crippen LogP contribution in [0.15, 0.2) is 18.5 Å². The van der Waals surface area contributed by atoms with Crippen LogP contribution in [0, 0.1) is 15.4 Å². The van der Waals surface area contributed by atoms with Crippen molar-refractivity contribution < 1.29 is 14.7 Å². The van der Waals surface area contributed by atoms with Crippen LogP contribution in [0.3, 0.4) is 0 Å². The minimum absolute atomic E-state index is 0.187. The van der Waals surface area contributed by atoms with Crippen molar-refractivity contribution in [2.75, 3.05) is 18.4 Å². The van der Waals surface area contributed by atoms with E-state index in [1.807, 2.05) is 6.92 Å². The lowest BCUT2D eigenvalue weighted by Crippen LogP contribution is -2.47. The zero-order valence-corrected chi connectivity index (χ0v) is 13.2. The molecule has 2 unspecified atom stereocenters. The Morgan fingerprint density at radius 1 is 1.50 bits per heavy atom. The monoisotopic (exact) mass is 389 g/mol. The number of amides is 2. The van der Waals surface area contributed by atoms with Crippen molar-refractivity contribution in [1.29, 1.82) is 0 Å². The van der Waals surface area contributed by atoms with Crippen molar-refractivity contribution in [2.24, 2.45) is 11.8 Å². The molecule has 2 N–H and O–H groups in total. The number of aliphatic carboxylic acids is 1. The average Bonchev–Trinajstić information content (AvgIpc) is 2.40. The van der Waals surface area contributed by atoms with Crippen LogP contribution < -0.4 is 5.32 Å². The van der Waals surface area contributed by atoms with Crippen LogP contribution in [0.25, 0.3) is 0 Å². The van der Waals surface area contributed by atoms with Gasteiger partial charge in [0.05, 0.1) is 15.2 Å². The predicted molar refractivity (Wildman–Crippen MR) is 82.5 cm³/mol. The highest BCUT2D eigenvalue weighted by atomic mass is 127. The first-order valence-corrected chi connectivity index (χ1v) is 7.43. The van der Waals surface area contributed by atoms with Gasteiger partial charge in [-0.15, -0.1) is 0 Å². The molecule has 7 heteroatoms. The number of carboxylic acids is 1. The number of carboxylic acid groups (broad SMARTS) is 1. The second kappa shape index (κ2) is 6.38. The van der Waals surface area contributed by atoms with Crippen LogP contribution >= 0.6 is 22.6 Å². The van der Waals surface area contributed by atoms with Crippen LogP contribution in [-0.4, -0.2) is 40.1 Å². The first-order chi connectivity index (χ1) is 9.47. The molecule has 1 aromatic heterocycles. The molecule has 6 nitrogen and oxygen atoms in total. The molecule has 0 bridgehead atoms. The molecule has 2 rings (SSSR count). The number of aromatic nitrogens is 1. The average molecular weight is 389 g/mol. The van der Waals surface area contributed by atoms with Gasteiger partial charge in [-0.1, -0.05) is 6.92 Å². The Hall–Kier alpha value is -1.38. The van der Waals surface area contributed by atoms with Crippen LogP contribution in [0.1, 0.15) is 13.3 Å². The van der Waals surface area contributed by atoms with Gasteiger partial charge in [0.15, 0.2) is 0 Å². The lowest BCUT2D eigenvalue weighted by Gasteiger charge is -2.34. The van der Waals surface area contributed by atoms with Gasteiger partial charge in [-0.2, -0.15) is 0 Å². The number of likely N-dealkylation sites (tertiary alicyclic amines) is 1. The molecule has 2 atom stereocenters. The number of pyridine rings is 1. The molecule has 0 aromatic carbocycles. The molecule has 0 aliphatic carbocycles. The molecule has 1 fully saturated rings. The second-order valence-electron chi connectivity index (χ2n) is 5.07. The molecule has 2 heterocycles. The quantitative estimate of drug-likeness (QED) is 0.761. The van der Waals surface area contributed by atoms with Crippen molar-refractivity contribution in [3.8, 4) is 0 Å². The van der Waals surface area contributed by atoms with Crippen molar-refractivity contribution >= 4 is 40.3 Å². The minimum Gasteiger partial charge on any atom is -0.481 e. The fraction of sp³-hybridized carbons (Fsp3) is 0.462. The maximum atomic E-state index is 12.2. The molecule has 2 amide bonds. The minimum atomic E-state index is -0.840. The topological polar surface area (TPSA) is 82.5 Å². The van der Waals surface area contributed by atoms with E-state index in [-0.39, 0.29) is 18.5 Å². The van der Waals surface area contributed by atoms with E-state index in [9.17, 15) is 9.59 Å². The van der Waals surface area contributed by atoms with Gasteiger partial charge >= 0.3 is 12.0 Å². The maximum Gasteiger partial charge on any atom is 0.321 e. The normalized spacial score (nSPS) is 22.4. The van der Waals surface area contributed by atoms with E-state index in [0.717, 1.165) is 3.57 Å². The van der Waals surface area contributed by atoms with Crippen LogP contribution in [0.2, 0.25) is 0 Å². The molecule has 1 aliphatic rings. The highest BCUT2D eigenvalue weighted by molar-refractivity contribution is 14.1. The molecule has 1 saturated heterocycles. The third kappa shape index (κ3) is 3.59. The van der Waals surface area contributed by atoms with Gasteiger partial charge in [-0.05, 0) is 41.0 Å². The molecule has 0 saturated carbocycles. The molecule has 1 aliphatic heterocycles. The van der Waals surface area contributed by atoms with E-state index in [1.165, 1.54) is 0 Å². The third-order valence-corrected chi connectivity index (χ3v) is 4.17. The summed E-state index contributed by atoms with van der Waals surface area (Å²) >= 11 is 2.09. The zero-order valence-electron chi connectivity index (χ0n) is 11.0. The lowest BCUT2D eigenvalue weighted by molar-refractivity contribution is -0.143. The maximum absolute atomic E-state index is 12.2. The van der Waals surface area contributed by atoms with Gasteiger partial charge in [0, 0.05) is 25.5 Å². The van der Waals surface area contributed by atoms with E-state index in [0.29, 0.717) is 18.7 Å². The summed E-state index contributed by atoms with van der Waals surface area (Å²) in [6.45, 7) is 2.80. The number of carbonyl (C=O) groups is 2. The second-order valence-corrected chi connectivity index (χ2v) is 6.23. The third-order valence-electron chi connectivity index (χ3n) is 3.31. The van der Waals surface area contributed by atoms with Crippen LogP contribution in [0.5, 0.6) is 0 Å². The number of nitrogens with one attached hydrogen (secondary N) is 1. The van der Waals surface area contributed by atoms with Gasteiger partial charge < -0.3 is 15.3 Å². The molecule has 0 spiro atoms. The fourth-order valence-electron chi connectivity index (χ4n) is 2.37. The van der Waals surface area contributed by atoms with Crippen LogP contribution in [-0.2, 0) is 4.79 Å². The first-order valence-electron chi connectivity index (χ1n) is 6.35. The smallest absolute Gasteiger partial charge is 0.321 e. The summed E-state index contributed by atoms with van der Waals surface area (Å²) in [5.74, 6) is -1.14. The van der Waals surface area contributed by atoms with Gasteiger partial charge in [0.2, 0.25) is 0 Å². The SMILES string of the molecule is CC1CC(C(=O)O)CN(C(=O)Nc2ccncc2I)C1. The molecule has 0 radical (unpaired) electrons. The highest BCUT2D eigenvalue weighted by Crippen LogP contribution is 2.23. The zero-order chi connectivity index (χ0) is 14.7. The number of carbonyl (C=O) groups excluding carboxylic acids is 1. The van der Waals surface area contributed by atoms with Crippen molar-refractivity contribution in [1.82, 2.24) is 9.88 Å². The number of anilines is 1. The Morgan fingerprint density at radius 2 is 2.25 bits per heavy atom. The van der Waals surface area contributed by atoms with Crippen molar-refractivity contribution in [2.45, 2.75) is 13.3 Å². The van der Waals surface area contributed by atoms with Gasteiger partial charge in [0.1, 0.15) is 0 Å². The molecular weight excluding hydrogens is 373 g/mol. The molecule has 1 aromatic rings. The number of hydrogen-bond acceptors (Lipinski definition) is 3. The van der Waals surface area contributed by atoms with Gasteiger partial charge in [-0.25, -0.2) is 4.79 Å². The number of urea groups is 1.